The Morgan fingerprint density at radius 2 is 0.827 bits per heavy atom. The van der Waals surface area contributed by atoms with Crippen molar-refractivity contribution in [3.8, 4) is 45.3 Å². The summed E-state index contributed by atoms with van der Waals surface area (Å²) >= 11 is 0. The molecule has 0 unspecified atom stereocenters. The molecule has 242 valence electrons. The van der Waals surface area contributed by atoms with Gasteiger partial charge < -0.3 is 8.83 Å². The molecule has 5 nitrogen and oxygen atoms in total. The van der Waals surface area contributed by atoms with Gasteiger partial charge in [-0.1, -0.05) is 133 Å². The summed E-state index contributed by atoms with van der Waals surface area (Å²) in [6, 6.07) is 56.3. The number of benzene rings is 8. The topological polar surface area (TPSA) is 65.0 Å². The van der Waals surface area contributed by atoms with Crippen LogP contribution in [0.15, 0.2) is 173 Å². The molecule has 3 heterocycles. The molecule has 0 spiro atoms. The molecule has 0 saturated carbocycles. The van der Waals surface area contributed by atoms with Crippen molar-refractivity contribution in [2.24, 2.45) is 0 Å². The molecule has 3 aromatic heterocycles. The minimum Gasteiger partial charge on any atom is -0.456 e. The normalized spacial score (nSPS) is 11.8. The fourth-order valence-corrected chi connectivity index (χ4v) is 7.76. The lowest BCUT2D eigenvalue weighted by Crippen LogP contribution is -2.00. The number of nitrogens with zero attached hydrogens (tertiary/aromatic N) is 3. The molecule has 0 bridgehead atoms. The van der Waals surface area contributed by atoms with Gasteiger partial charge in [0, 0.05) is 38.2 Å². The number of aromatic nitrogens is 3. The van der Waals surface area contributed by atoms with Crippen molar-refractivity contribution in [1.82, 2.24) is 15.0 Å². The van der Waals surface area contributed by atoms with Crippen LogP contribution in [-0.4, -0.2) is 15.0 Å². The van der Waals surface area contributed by atoms with E-state index in [9.17, 15) is 0 Å². The van der Waals surface area contributed by atoms with Gasteiger partial charge in [-0.25, -0.2) is 15.0 Å². The van der Waals surface area contributed by atoms with Crippen LogP contribution < -0.4 is 0 Å². The van der Waals surface area contributed by atoms with Crippen molar-refractivity contribution in [3.63, 3.8) is 0 Å². The highest BCUT2D eigenvalue weighted by Gasteiger charge is 2.22. The third-order valence-electron chi connectivity index (χ3n) is 10.1. The zero-order chi connectivity index (χ0) is 34.2. The molecular formula is C47H27N3O2. The fourth-order valence-electron chi connectivity index (χ4n) is 7.76. The van der Waals surface area contributed by atoms with Crippen molar-refractivity contribution >= 4 is 65.4 Å². The Bertz CT molecular complexity index is 3190. The summed E-state index contributed by atoms with van der Waals surface area (Å²) in [4.78, 5) is 15.5. The second kappa shape index (κ2) is 11.2. The first kappa shape index (κ1) is 28.7. The van der Waals surface area contributed by atoms with E-state index in [2.05, 4.69) is 84.9 Å². The van der Waals surface area contributed by atoms with Crippen molar-refractivity contribution in [3.05, 3.63) is 164 Å². The second-order valence-corrected chi connectivity index (χ2v) is 13.1. The van der Waals surface area contributed by atoms with Gasteiger partial charge >= 0.3 is 0 Å². The minimum absolute atomic E-state index is 0.571. The third kappa shape index (κ3) is 4.39. The van der Waals surface area contributed by atoms with Gasteiger partial charge in [-0.15, -0.1) is 0 Å². The standard InChI is InChI=1S/C47H27N3O2/c1-2-12-30(13-3-1)45-48-46(35-17-9-20-39-42(35)34-15-6-7-19-38(34)51-39)50-47(49-45)36-18-10-22-41-44(36)43-33(16-8-21-40(43)52-41)31-26-25-29-24-23-28-11-4-5-14-32(28)37(29)27-31/h1-27H. The highest BCUT2D eigenvalue weighted by Crippen LogP contribution is 2.43. The maximum absolute atomic E-state index is 6.58. The van der Waals surface area contributed by atoms with Gasteiger partial charge in [0.2, 0.25) is 0 Å². The molecule has 52 heavy (non-hydrogen) atoms. The summed E-state index contributed by atoms with van der Waals surface area (Å²) in [5, 5.41) is 8.88. The molecule has 8 aromatic carbocycles. The van der Waals surface area contributed by atoms with Crippen LogP contribution in [0.5, 0.6) is 0 Å². The first-order chi connectivity index (χ1) is 25.8. The minimum atomic E-state index is 0.571. The van der Waals surface area contributed by atoms with E-state index in [0.29, 0.717) is 17.5 Å². The van der Waals surface area contributed by atoms with Crippen LogP contribution in [-0.2, 0) is 0 Å². The van der Waals surface area contributed by atoms with E-state index in [4.69, 9.17) is 23.8 Å². The molecule has 11 aromatic rings. The van der Waals surface area contributed by atoms with Crippen LogP contribution in [0.2, 0.25) is 0 Å². The largest absolute Gasteiger partial charge is 0.456 e. The van der Waals surface area contributed by atoms with Crippen LogP contribution in [0, 0.1) is 0 Å². The lowest BCUT2D eigenvalue weighted by atomic mass is 9.94. The Labute approximate surface area is 297 Å². The van der Waals surface area contributed by atoms with Gasteiger partial charge in [0.15, 0.2) is 17.5 Å². The fraction of sp³-hybridized carbons (Fsp3) is 0. The number of hydrogen-bond acceptors (Lipinski definition) is 5. The zero-order valence-electron chi connectivity index (χ0n) is 27.7. The van der Waals surface area contributed by atoms with Gasteiger partial charge in [-0.3, -0.25) is 0 Å². The molecule has 5 heteroatoms. The molecule has 0 saturated heterocycles. The van der Waals surface area contributed by atoms with Crippen molar-refractivity contribution < 1.29 is 8.83 Å². The van der Waals surface area contributed by atoms with Gasteiger partial charge in [0.1, 0.15) is 22.3 Å². The monoisotopic (exact) mass is 665 g/mol. The predicted molar refractivity (Wildman–Crippen MR) is 211 cm³/mol. The molecule has 11 rings (SSSR count). The van der Waals surface area contributed by atoms with Gasteiger partial charge in [-0.05, 0) is 63.0 Å². The lowest BCUT2D eigenvalue weighted by Gasteiger charge is -2.11. The highest BCUT2D eigenvalue weighted by molar-refractivity contribution is 6.19. The first-order valence-corrected chi connectivity index (χ1v) is 17.4. The summed E-state index contributed by atoms with van der Waals surface area (Å²) in [5.41, 5.74) is 8.07. The van der Waals surface area contributed by atoms with E-state index >= 15 is 0 Å². The van der Waals surface area contributed by atoms with E-state index in [1.54, 1.807) is 0 Å². The second-order valence-electron chi connectivity index (χ2n) is 13.1. The Balaban J connectivity index is 1.19. The van der Waals surface area contributed by atoms with Crippen molar-refractivity contribution in [2.45, 2.75) is 0 Å². The Morgan fingerprint density at radius 3 is 1.60 bits per heavy atom. The van der Waals surface area contributed by atoms with Crippen molar-refractivity contribution in [2.75, 3.05) is 0 Å². The highest BCUT2D eigenvalue weighted by atomic mass is 16.3. The van der Waals surface area contributed by atoms with E-state index in [1.807, 2.05) is 78.9 Å². The summed E-state index contributed by atoms with van der Waals surface area (Å²) in [6.45, 7) is 0. The van der Waals surface area contributed by atoms with E-state index in [1.165, 1.54) is 21.5 Å². The number of rotatable bonds is 4. The Morgan fingerprint density at radius 1 is 0.308 bits per heavy atom. The van der Waals surface area contributed by atoms with Crippen LogP contribution >= 0.6 is 0 Å². The smallest absolute Gasteiger partial charge is 0.164 e. The van der Waals surface area contributed by atoms with Gasteiger partial charge in [-0.2, -0.15) is 0 Å². The maximum atomic E-state index is 6.58. The van der Waals surface area contributed by atoms with Gasteiger partial charge in [0.05, 0.1) is 0 Å². The number of para-hydroxylation sites is 1. The first-order valence-electron chi connectivity index (χ1n) is 17.4. The zero-order valence-corrected chi connectivity index (χ0v) is 27.7. The van der Waals surface area contributed by atoms with Crippen LogP contribution in [0.1, 0.15) is 0 Å². The summed E-state index contributed by atoms with van der Waals surface area (Å²) in [6.07, 6.45) is 0. The van der Waals surface area contributed by atoms with Crippen LogP contribution in [0.25, 0.3) is 111 Å². The Hall–Kier alpha value is -7.11. The SMILES string of the molecule is c1ccc(-c2nc(-c3cccc4oc5ccccc5c34)nc(-c3cccc4oc5cccc(-c6ccc7ccc8ccccc8c7c6)c5c34)n2)cc1. The molecule has 0 amide bonds. The number of fused-ring (bicyclic) bond motifs is 9. The average Bonchev–Trinajstić information content (AvgIpc) is 3.79. The average molecular weight is 666 g/mol. The quantitative estimate of drug-likeness (QED) is 0.175. The molecule has 0 fully saturated rings. The van der Waals surface area contributed by atoms with Crippen molar-refractivity contribution in [1.29, 1.82) is 0 Å². The summed E-state index contributed by atoms with van der Waals surface area (Å²) < 4.78 is 12.8. The molecule has 0 N–H and O–H groups in total. The molecule has 0 aliphatic rings. The van der Waals surface area contributed by atoms with E-state index in [0.717, 1.165) is 71.7 Å². The summed E-state index contributed by atoms with van der Waals surface area (Å²) in [7, 11) is 0. The molecule has 0 radical (unpaired) electrons. The van der Waals surface area contributed by atoms with E-state index < -0.39 is 0 Å². The van der Waals surface area contributed by atoms with Crippen LogP contribution in [0.3, 0.4) is 0 Å². The molecule has 0 aliphatic carbocycles. The number of furan rings is 2. The molecule has 0 aliphatic heterocycles. The molecule has 0 atom stereocenters. The number of hydrogen-bond donors (Lipinski definition) is 0. The molecular weight excluding hydrogens is 639 g/mol. The lowest BCUT2D eigenvalue weighted by molar-refractivity contribution is 0.668. The maximum Gasteiger partial charge on any atom is 0.164 e. The predicted octanol–water partition coefficient (Wildman–Crippen LogP) is 12.6. The van der Waals surface area contributed by atoms with E-state index in [-0.39, 0.29) is 0 Å². The summed E-state index contributed by atoms with van der Waals surface area (Å²) in [5.74, 6) is 1.74. The Kier molecular flexibility index (Phi) is 6.18. The third-order valence-corrected chi connectivity index (χ3v) is 10.1. The van der Waals surface area contributed by atoms with Crippen LogP contribution in [0.4, 0.5) is 0 Å². The van der Waals surface area contributed by atoms with Gasteiger partial charge in [0.25, 0.3) is 0 Å².